The average molecular weight is 323 g/mol. The molecule has 0 radical (unpaired) electrons. The summed E-state index contributed by atoms with van der Waals surface area (Å²) in [6.07, 6.45) is -0.343. The monoisotopic (exact) mass is 323 g/mol. The quantitative estimate of drug-likeness (QED) is 0.468. The van der Waals surface area contributed by atoms with E-state index >= 15 is 0 Å². The van der Waals surface area contributed by atoms with Gasteiger partial charge in [-0.05, 0) is 43.7 Å². The lowest BCUT2D eigenvalue weighted by molar-refractivity contribution is -0.389. The molecule has 1 amide bonds. The number of esters is 1. The molecule has 0 bridgehead atoms. The fourth-order valence-corrected chi connectivity index (χ4v) is 2.12. The van der Waals surface area contributed by atoms with Crippen molar-refractivity contribution < 1.29 is 24.0 Å². The number of carbonyl (C=O) groups is 2. The summed E-state index contributed by atoms with van der Waals surface area (Å²) in [4.78, 5) is 39.4. The zero-order valence-electron chi connectivity index (χ0n) is 13.2. The van der Waals surface area contributed by atoms with Crippen LogP contribution in [0.5, 0.6) is 5.75 Å². The maximum atomic E-state index is 12.5. The molecule has 0 unspecified atom stereocenters. The summed E-state index contributed by atoms with van der Waals surface area (Å²) < 4.78 is 10.6. The van der Waals surface area contributed by atoms with Crippen molar-refractivity contribution in [3.63, 3.8) is 0 Å². The molecule has 0 fully saturated rings. The number of amides is 1. The SMILES string of the molecule is CC(C)OC(=O)CN1C(=O)C(C)(C)Oc2ccc([N+](=O)[O-])nc21. The van der Waals surface area contributed by atoms with Gasteiger partial charge < -0.3 is 19.6 Å². The number of rotatable bonds is 4. The van der Waals surface area contributed by atoms with E-state index in [1.807, 2.05) is 0 Å². The molecular weight excluding hydrogens is 306 g/mol. The van der Waals surface area contributed by atoms with Crippen LogP contribution in [0.2, 0.25) is 0 Å². The Balaban J connectivity index is 2.43. The first kappa shape index (κ1) is 16.7. The van der Waals surface area contributed by atoms with Crippen LogP contribution in [0.25, 0.3) is 0 Å². The van der Waals surface area contributed by atoms with Gasteiger partial charge in [-0.15, -0.1) is 0 Å². The van der Waals surface area contributed by atoms with Gasteiger partial charge in [-0.1, -0.05) is 0 Å². The summed E-state index contributed by atoms with van der Waals surface area (Å²) >= 11 is 0. The Labute approximate surface area is 132 Å². The minimum Gasteiger partial charge on any atom is -0.472 e. The normalized spacial score (nSPS) is 15.9. The molecule has 1 aromatic heterocycles. The number of ether oxygens (including phenoxy) is 2. The van der Waals surface area contributed by atoms with Gasteiger partial charge in [0.25, 0.3) is 11.7 Å². The first-order valence-corrected chi connectivity index (χ1v) is 6.97. The molecule has 2 rings (SSSR count). The molecular formula is C14H17N3O6. The topological polar surface area (TPSA) is 112 Å². The third-order valence-corrected chi connectivity index (χ3v) is 3.05. The van der Waals surface area contributed by atoms with E-state index in [4.69, 9.17) is 9.47 Å². The van der Waals surface area contributed by atoms with Crippen LogP contribution in [-0.2, 0) is 14.3 Å². The van der Waals surface area contributed by atoms with Crippen molar-refractivity contribution in [2.45, 2.75) is 39.4 Å². The second-order valence-corrected chi connectivity index (χ2v) is 5.79. The molecule has 0 spiro atoms. The van der Waals surface area contributed by atoms with E-state index in [0.29, 0.717) is 0 Å². The van der Waals surface area contributed by atoms with Gasteiger partial charge in [0.05, 0.1) is 6.10 Å². The molecule has 1 aromatic rings. The highest BCUT2D eigenvalue weighted by atomic mass is 16.6. The largest absolute Gasteiger partial charge is 0.472 e. The molecule has 23 heavy (non-hydrogen) atoms. The Morgan fingerprint density at radius 2 is 2.13 bits per heavy atom. The molecule has 0 saturated carbocycles. The zero-order valence-corrected chi connectivity index (χ0v) is 13.2. The lowest BCUT2D eigenvalue weighted by atomic mass is 10.1. The van der Waals surface area contributed by atoms with Crippen LogP contribution in [-0.4, -0.2) is 40.0 Å². The lowest BCUT2D eigenvalue weighted by Gasteiger charge is -2.35. The molecule has 9 heteroatoms. The first-order chi connectivity index (χ1) is 10.6. The number of pyridine rings is 1. The zero-order chi connectivity index (χ0) is 17.4. The van der Waals surface area contributed by atoms with Crippen LogP contribution < -0.4 is 9.64 Å². The van der Waals surface area contributed by atoms with Crippen LogP contribution in [0.1, 0.15) is 27.7 Å². The summed E-state index contributed by atoms with van der Waals surface area (Å²) in [6.45, 7) is 6.05. The molecule has 1 aliphatic rings. The summed E-state index contributed by atoms with van der Waals surface area (Å²) in [6, 6.07) is 2.53. The van der Waals surface area contributed by atoms with Gasteiger partial charge in [0.1, 0.15) is 6.54 Å². The van der Waals surface area contributed by atoms with Gasteiger partial charge in [0, 0.05) is 6.07 Å². The highest BCUT2D eigenvalue weighted by Crippen LogP contribution is 2.37. The van der Waals surface area contributed by atoms with E-state index in [1.165, 1.54) is 12.1 Å². The molecule has 0 aliphatic carbocycles. The van der Waals surface area contributed by atoms with E-state index in [-0.39, 0.29) is 17.7 Å². The smallest absolute Gasteiger partial charge is 0.366 e. The number of carbonyl (C=O) groups excluding carboxylic acids is 2. The van der Waals surface area contributed by atoms with Gasteiger partial charge in [0.2, 0.25) is 0 Å². The lowest BCUT2D eigenvalue weighted by Crippen LogP contribution is -2.54. The summed E-state index contributed by atoms with van der Waals surface area (Å²) in [5.41, 5.74) is -1.22. The Hall–Kier alpha value is -2.71. The van der Waals surface area contributed by atoms with Crippen LogP contribution in [0.4, 0.5) is 11.6 Å². The predicted molar refractivity (Wildman–Crippen MR) is 79.2 cm³/mol. The number of nitro groups is 1. The first-order valence-electron chi connectivity index (χ1n) is 6.97. The predicted octanol–water partition coefficient (Wildman–Crippen LogP) is 1.45. The van der Waals surface area contributed by atoms with Crippen LogP contribution in [0.3, 0.4) is 0 Å². The standard InChI is InChI=1S/C14H17N3O6/c1-8(2)22-11(18)7-16-12-9(23-14(3,4)13(16)19)5-6-10(15-12)17(20)21/h5-6,8H,7H2,1-4H3. The Morgan fingerprint density at radius 3 is 2.70 bits per heavy atom. The van der Waals surface area contributed by atoms with E-state index in [2.05, 4.69) is 4.98 Å². The van der Waals surface area contributed by atoms with Crippen LogP contribution in [0, 0.1) is 10.1 Å². The molecule has 124 valence electrons. The van der Waals surface area contributed by atoms with Crippen molar-refractivity contribution in [3.05, 3.63) is 22.2 Å². The molecule has 2 heterocycles. The second-order valence-electron chi connectivity index (χ2n) is 5.79. The number of hydrogen-bond acceptors (Lipinski definition) is 7. The van der Waals surface area contributed by atoms with Crippen LogP contribution >= 0.6 is 0 Å². The minimum atomic E-state index is -1.22. The number of fused-ring (bicyclic) bond motifs is 1. The van der Waals surface area contributed by atoms with Crippen molar-refractivity contribution >= 4 is 23.5 Å². The summed E-state index contributed by atoms with van der Waals surface area (Å²) in [5, 5.41) is 10.9. The highest BCUT2D eigenvalue weighted by molar-refractivity contribution is 6.04. The van der Waals surface area contributed by atoms with E-state index in [0.717, 1.165) is 4.90 Å². The summed E-state index contributed by atoms with van der Waals surface area (Å²) in [5.74, 6) is -1.48. The summed E-state index contributed by atoms with van der Waals surface area (Å²) in [7, 11) is 0. The van der Waals surface area contributed by atoms with Crippen molar-refractivity contribution in [2.24, 2.45) is 0 Å². The fraction of sp³-hybridized carbons (Fsp3) is 0.500. The van der Waals surface area contributed by atoms with E-state index in [1.54, 1.807) is 27.7 Å². The average Bonchev–Trinajstić information content (AvgIpc) is 2.42. The van der Waals surface area contributed by atoms with Gasteiger partial charge in [-0.3, -0.25) is 14.5 Å². The number of nitrogens with zero attached hydrogens (tertiary/aromatic N) is 3. The van der Waals surface area contributed by atoms with Crippen molar-refractivity contribution in [3.8, 4) is 5.75 Å². The maximum absolute atomic E-state index is 12.5. The number of aromatic nitrogens is 1. The molecule has 0 atom stereocenters. The van der Waals surface area contributed by atoms with E-state index in [9.17, 15) is 19.7 Å². The number of hydrogen-bond donors (Lipinski definition) is 0. The third kappa shape index (κ3) is 3.38. The molecule has 0 N–H and O–H groups in total. The van der Waals surface area contributed by atoms with Gasteiger partial charge >= 0.3 is 11.8 Å². The van der Waals surface area contributed by atoms with Gasteiger partial charge in [0.15, 0.2) is 11.4 Å². The molecule has 9 nitrogen and oxygen atoms in total. The second kappa shape index (κ2) is 5.82. The van der Waals surface area contributed by atoms with Crippen molar-refractivity contribution in [1.29, 1.82) is 0 Å². The van der Waals surface area contributed by atoms with Gasteiger partial charge in [-0.2, -0.15) is 0 Å². The Bertz CT molecular complexity index is 670. The fourth-order valence-electron chi connectivity index (χ4n) is 2.12. The minimum absolute atomic E-state index is 0.0655. The van der Waals surface area contributed by atoms with Crippen LogP contribution in [0.15, 0.2) is 12.1 Å². The molecule has 0 saturated heterocycles. The molecule has 1 aliphatic heterocycles. The highest BCUT2D eigenvalue weighted by Gasteiger charge is 2.45. The van der Waals surface area contributed by atoms with E-state index < -0.39 is 34.8 Å². The van der Waals surface area contributed by atoms with Crippen molar-refractivity contribution in [2.75, 3.05) is 11.4 Å². The van der Waals surface area contributed by atoms with Crippen molar-refractivity contribution in [1.82, 2.24) is 4.98 Å². The van der Waals surface area contributed by atoms with Gasteiger partial charge in [-0.25, -0.2) is 0 Å². The Morgan fingerprint density at radius 1 is 1.48 bits per heavy atom. The number of anilines is 1. The maximum Gasteiger partial charge on any atom is 0.366 e. The molecule has 0 aromatic carbocycles. The third-order valence-electron chi connectivity index (χ3n) is 3.05. The Kier molecular flexibility index (Phi) is 4.22.